The first kappa shape index (κ1) is 22.0. The Morgan fingerprint density at radius 3 is 2.12 bits per heavy atom. The number of fused-ring (bicyclic) bond motifs is 1. The minimum Gasteiger partial charge on any atom is -0.486 e. The van der Waals surface area contributed by atoms with Crippen LogP contribution in [-0.2, 0) is 9.59 Å². The van der Waals surface area contributed by atoms with Crippen LogP contribution in [-0.4, -0.2) is 42.0 Å². The van der Waals surface area contributed by atoms with Crippen LogP contribution in [0.25, 0.3) is 0 Å². The molecule has 1 N–H and O–H groups in total. The van der Waals surface area contributed by atoms with E-state index in [0.29, 0.717) is 49.8 Å². The standard InChI is InChI=1S/C28H28N2O4/c1-28(27(32)29-22-12-13-24-25(18-22)34-17-16-33-24)14-15-30(28)26(31)19-23(20-8-4-2-5-9-20)21-10-6-3-7-11-21/h2-13,18,23H,14-17,19H2,1H3,(H,29,32). The lowest BCUT2D eigenvalue weighted by Crippen LogP contribution is -2.66. The van der Waals surface area contributed by atoms with Crippen molar-refractivity contribution in [1.29, 1.82) is 0 Å². The molecular formula is C28H28N2O4. The zero-order valence-electron chi connectivity index (χ0n) is 19.2. The van der Waals surface area contributed by atoms with E-state index < -0.39 is 5.54 Å². The van der Waals surface area contributed by atoms with Crippen molar-refractivity contribution in [2.45, 2.75) is 31.2 Å². The largest absolute Gasteiger partial charge is 0.486 e. The van der Waals surface area contributed by atoms with Gasteiger partial charge in [-0.25, -0.2) is 0 Å². The zero-order chi connectivity index (χ0) is 23.5. The van der Waals surface area contributed by atoms with Crippen LogP contribution >= 0.6 is 0 Å². The molecule has 0 radical (unpaired) electrons. The number of likely N-dealkylation sites (tertiary alicyclic amines) is 1. The molecule has 0 aliphatic carbocycles. The number of ether oxygens (including phenoxy) is 2. The molecule has 34 heavy (non-hydrogen) atoms. The number of carbonyl (C=O) groups is 2. The highest BCUT2D eigenvalue weighted by Gasteiger charge is 2.49. The fourth-order valence-corrected chi connectivity index (χ4v) is 4.67. The fourth-order valence-electron chi connectivity index (χ4n) is 4.67. The van der Waals surface area contributed by atoms with Crippen LogP contribution in [0.4, 0.5) is 5.69 Å². The van der Waals surface area contributed by atoms with Crippen LogP contribution in [0.2, 0.25) is 0 Å². The minimum atomic E-state index is -0.887. The van der Waals surface area contributed by atoms with Crippen molar-refractivity contribution in [3.63, 3.8) is 0 Å². The van der Waals surface area contributed by atoms with Crippen molar-refractivity contribution in [3.8, 4) is 11.5 Å². The molecule has 3 aromatic carbocycles. The van der Waals surface area contributed by atoms with Crippen LogP contribution in [0.15, 0.2) is 78.9 Å². The highest BCUT2D eigenvalue weighted by Crippen LogP contribution is 2.37. The number of hydrogen-bond acceptors (Lipinski definition) is 4. The van der Waals surface area contributed by atoms with E-state index >= 15 is 0 Å². The van der Waals surface area contributed by atoms with Crippen LogP contribution in [0, 0.1) is 0 Å². The average molecular weight is 457 g/mol. The summed E-state index contributed by atoms with van der Waals surface area (Å²) in [7, 11) is 0. The number of nitrogens with one attached hydrogen (secondary N) is 1. The Balaban J connectivity index is 1.31. The van der Waals surface area contributed by atoms with Gasteiger partial charge in [-0.2, -0.15) is 0 Å². The molecule has 2 aliphatic rings. The van der Waals surface area contributed by atoms with Gasteiger partial charge in [0.25, 0.3) is 0 Å². The molecule has 174 valence electrons. The molecule has 3 aromatic rings. The molecule has 5 rings (SSSR count). The van der Waals surface area contributed by atoms with E-state index in [2.05, 4.69) is 29.6 Å². The van der Waals surface area contributed by atoms with Crippen molar-refractivity contribution in [2.24, 2.45) is 0 Å². The second-order valence-corrected chi connectivity index (χ2v) is 8.96. The summed E-state index contributed by atoms with van der Waals surface area (Å²) >= 11 is 0. The van der Waals surface area contributed by atoms with Crippen LogP contribution < -0.4 is 14.8 Å². The summed E-state index contributed by atoms with van der Waals surface area (Å²) in [5, 5.41) is 2.97. The summed E-state index contributed by atoms with van der Waals surface area (Å²) in [6.07, 6.45) is 0.928. The summed E-state index contributed by atoms with van der Waals surface area (Å²) in [5.41, 5.74) is 1.92. The molecule has 2 aliphatic heterocycles. The van der Waals surface area contributed by atoms with E-state index in [1.165, 1.54) is 0 Å². The second-order valence-electron chi connectivity index (χ2n) is 8.96. The summed E-state index contributed by atoms with van der Waals surface area (Å²) in [6, 6.07) is 25.5. The number of benzene rings is 3. The number of amides is 2. The van der Waals surface area contributed by atoms with Gasteiger partial charge >= 0.3 is 0 Å². The molecule has 0 bridgehead atoms. The van der Waals surface area contributed by atoms with E-state index in [4.69, 9.17) is 9.47 Å². The predicted octanol–water partition coefficient (Wildman–Crippen LogP) is 4.61. The maximum Gasteiger partial charge on any atom is 0.250 e. The molecule has 2 amide bonds. The fraction of sp³-hybridized carbons (Fsp3) is 0.286. The van der Waals surface area contributed by atoms with Crippen LogP contribution in [0.1, 0.15) is 36.8 Å². The second kappa shape index (κ2) is 9.21. The van der Waals surface area contributed by atoms with E-state index in [1.54, 1.807) is 23.1 Å². The first-order valence-corrected chi connectivity index (χ1v) is 11.7. The van der Waals surface area contributed by atoms with E-state index in [9.17, 15) is 9.59 Å². The van der Waals surface area contributed by atoms with Gasteiger partial charge in [0, 0.05) is 30.6 Å². The number of rotatable bonds is 6. The number of hydrogen-bond donors (Lipinski definition) is 1. The highest BCUT2D eigenvalue weighted by atomic mass is 16.6. The average Bonchev–Trinajstić information content (AvgIpc) is 2.87. The number of anilines is 1. The van der Waals surface area contributed by atoms with Crippen LogP contribution in [0.3, 0.4) is 0 Å². The van der Waals surface area contributed by atoms with Crippen molar-refractivity contribution in [1.82, 2.24) is 4.90 Å². The van der Waals surface area contributed by atoms with Crippen molar-refractivity contribution in [2.75, 3.05) is 25.1 Å². The van der Waals surface area contributed by atoms with Gasteiger partial charge in [-0.05, 0) is 36.6 Å². The first-order valence-electron chi connectivity index (χ1n) is 11.7. The third-order valence-electron chi connectivity index (χ3n) is 6.79. The summed E-state index contributed by atoms with van der Waals surface area (Å²) in [6.45, 7) is 3.40. The van der Waals surface area contributed by atoms with E-state index in [-0.39, 0.29) is 17.7 Å². The first-order chi connectivity index (χ1) is 16.5. The molecule has 1 unspecified atom stereocenters. The summed E-state index contributed by atoms with van der Waals surface area (Å²) < 4.78 is 11.2. The smallest absolute Gasteiger partial charge is 0.250 e. The minimum absolute atomic E-state index is 0.0243. The molecule has 0 aromatic heterocycles. The lowest BCUT2D eigenvalue weighted by atomic mass is 9.82. The van der Waals surface area contributed by atoms with Crippen molar-refractivity contribution >= 4 is 17.5 Å². The van der Waals surface area contributed by atoms with Gasteiger partial charge in [0.05, 0.1) is 0 Å². The molecule has 1 saturated heterocycles. The molecule has 2 heterocycles. The van der Waals surface area contributed by atoms with Crippen molar-refractivity contribution < 1.29 is 19.1 Å². The zero-order valence-corrected chi connectivity index (χ0v) is 19.2. The monoisotopic (exact) mass is 456 g/mol. The maximum absolute atomic E-state index is 13.5. The Kier molecular flexibility index (Phi) is 5.97. The Morgan fingerprint density at radius 1 is 0.912 bits per heavy atom. The lowest BCUT2D eigenvalue weighted by Gasteiger charge is -2.49. The highest BCUT2D eigenvalue weighted by molar-refractivity contribution is 6.01. The maximum atomic E-state index is 13.5. The predicted molar refractivity (Wildman–Crippen MR) is 130 cm³/mol. The number of nitrogens with zero attached hydrogens (tertiary/aromatic N) is 1. The third kappa shape index (κ3) is 4.23. The molecule has 6 heteroatoms. The Morgan fingerprint density at radius 2 is 1.53 bits per heavy atom. The quantitative estimate of drug-likeness (QED) is 0.588. The Labute approximate surface area is 199 Å². The normalized spacial score (nSPS) is 18.8. The van der Waals surface area contributed by atoms with Crippen molar-refractivity contribution in [3.05, 3.63) is 90.0 Å². The van der Waals surface area contributed by atoms with Gasteiger partial charge in [-0.1, -0.05) is 60.7 Å². The van der Waals surface area contributed by atoms with E-state index in [0.717, 1.165) is 11.1 Å². The molecule has 1 atom stereocenters. The summed E-state index contributed by atoms with van der Waals surface area (Å²) in [5.74, 6) is 0.997. The molecule has 0 saturated carbocycles. The van der Waals surface area contributed by atoms with Gasteiger partial charge < -0.3 is 19.7 Å². The van der Waals surface area contributed by atoms with Gasteiger partial charge in [0.1, 0.15) is 18.8 Å². The Bertz CT molecular complexity index is 1140. The van der Waals surface area contributed by atoms with E-state index in [1.807, 2.05) is 43.3 Å². The Hall–Kier alpha value is -3.80. The van der Waals surface area contributed by atoms with Gasteiger partial charge in [0.2, 0.25) is 11.8 Å². The number of carbonyl (C=O) groups excluding carboxylic acids is 2. The molecule has 6 nitrogen and oxygen atoms in total. The van der Waals surface area contributed by atoms with Gasteiger partial charge in [0.15, 0.2) is 11.5 Å². The summed E-state index contributed by atoms with van der Waals surface area (Å²) in [4.78, 5) is 28.4. The lowest BCUT2D eigenvalue weighted by molar-refractivity contribution is -0.154. The molecule has 0 spiro atoms. The molecular weight excluding hydrogens is 428 g/mol. The molecule has 1 fully saturated rings. The van der Waals surface area contributed by atoms with Gasteiger partial charge in [-0.3, -0.25) is 9.59 Å². The SMILES string of the molecule is CC1(C(=O)Nc2ccc3c(c2)OCCO3)CCN1C(=O)CC(c1ccccc1)c1ccccc1. The van der Waals surface area contributed by atoms with Crippen LogP contribution in [0.5, 0.6) is 11.5 Å². The third-order valence-corrected chi connectivity index (χ3v) is 6.79. The van der Waals surface area contributed by atoms with Gasteiger partial charge in [-0.15, -0.1) is 0 Å². The topological polar surface area (TPSA) is 67.9 Å².